The largest absolute Gasteiger partial charge is 0.338 e. The summed E-state index contributed by atoms with van der Waals surface area (Å²) in [5, 5.41) is 8.86. The molecule has 27 heavy (non-hydrogen) atoms. The second kappa shape index (κ2) is 9.05. The summed E-state index contributed by atoms with van der Waals surface area (Å²) < 4.78 is 14.1. The van der Waals surface area contributed by atoms with Crippen molar-refractivity contribution in [2.45, 2.75) is 6.42 Å². The molecule has 0 unspecified atom stereocenters. The topological polar surface area (TPSA) is 76.4 Å². The predicted octanol–water partition coefficient (Wildman–Crippen LogP) is 1.68. The average molecular weight is 368 g/mol. The maximum Gasteiger partial charge on any atom is 0.241 e. The van der Waals surface area contributed by atoms with Gasteiger partial charge in [0, 0.05) is 45.1 Å². The third kappa shape index (κ3) is 4.77. The van der Waals surface area contributed by atoms with E-state index in [1.54, 1.807) is 36.7 Å². The second-order valence-corrected chi connectivity index (χ2v) is 6.22. The van der Waals surface area contributed by atoms with Crippen LogP contribution in [0.5, 0.6) is 0 Å². The van der Waals surface area contributed by atoms with Gasteiger partial charge in [-0.2, -0.15) is 5.26 Å². The molecule has 0 saturated carbocycles. The van der Waals surface area contributed by atoms with E-state index in [-0.39, 0.29) is 31.1 Å². The first-order chi connectivity index (χ1) is 13.2. The number of aromatic nitrogens is 2. The molecule has 1 aliphatic rings. The van der Waals surface area contributed by atoms with E-state index < -0.39 is 5.82 Å². The summed E-state index contributed by atoms with van der Waals surface area (Å²) in [6, 6.07) is 9.94. The van der Waals surface area contributed by atoms with Crippen LogP contribution in [-0.4, -0.2) is 60.0 Å². The van der Waals surface area contributed by atoms with Crippen molar-refractivity contribution in [3.8, 4) is 6.07 Å². The van der Waals surface area contributed by atoms with E-state index in [1.165, 1.54) is 11.0 Å². The lowest BCUT2D eigenvalue weighted by Gasteiger charge is -2.35. The maximum atomic E-state index is 14.1. The normalized spacial score (nSPS) is 14.6. The molecule has 0 aliphatic carbocycles. The number of carbonyl (C=O) groups excluding carboxylic acids is 1. The zero-order chi connectivity index (χ0) is 19.1. The predicted molar refractivity (Wildman–Crippen MR) is 99.7 cm³/mol. The standard InChI is InChI=1S/C19H21FN6O/c20-16-5-1-2-6-17(16)26(10-3-7-21)18(27)15-24-11-13-25(14-12-24)19-22-8-4-9-23-19/h1-2,4-6,8-9H,3,10-15H2. The van der Waals surface area contributed by atoms with Crippen LogP contribution in [0.3, 0.4) is 0 Å². The number of hydrogen-bond acceptors (Lipinski definition) is 6. The van der Waals surface area contributed by atoms with Crippen LogP contribution in [0.4, 0.5) is 16.0 Å². The van der Waals surface area contributed by atoms with Gasteiger partial charge >= 0.3 is 0 Å². The van der Waals surface area contributed by atoms with Crippen LogP contribution in [0.1, 0.15) is 6.42 Å². The molecule has 2 aromatic rings. The van der Waals surface area contributed by atoms with Gasteiger partial charge < -0.3 is 9.80 Å². The molecular formula is C19H21FN6O. The molecule has 2 heterocycles. The molecule has 8 heteroatoms. The smallest absolute Gasteiger partial charge is 0.241 e. The Morgan fingerprint density at radius 2 is 1.85 bits per heavy atom. The highest BCUT2D eigenvalue weighted by molar-refractivity contribution is 5.95. The maximum absolute atomic E-state index is 14.1. The SMILES string of the molecule is N#CCCN(C(=O)CN1CCN(c2ncccn2)CC1)c1ccccc1F. The molecular weight excluding hydrogens is 347 g/mol. The van der Waals surface area contributed by atoms with Gasteiger partial charge in [-0.1, -0.05) is 12.1 Å². The summed E-state index contributed by atoms with van der Waals surface area (Å²) in [4.78, 5) is 26.8. The first kappa shape index (κ1) is 18.7. The first-order valence-electron chi connectivity index (χ1n) is 8.85. The van der Waals surface area contributed by atoms with E-state index in [0.29, 0.717) is 19.0 Å². The number of nitriles is 1. The van der Waals surface area contributed by atoms with Crippen molar-refractivity contribution in [2.24, 2.45) is 0 Å². The number of hydrogen-bond donors (Lipinski definition) is 0. The van der Waals surface area contributed by atoms with Crippen molar-refractivity contribution < 1.29 is 9.18 Å². The summed E-state index contributed by atoms with van der Waals surface area (Å²) in [5.74, 6) is 0.0140. The van der Waals surface area contributed by atoms with Crippen LogP contribution in [0.15, 0.2) is 42.7 Å². The Morgan fingerprint density at radius 1 is 1.15 bits per heavy atom. The summed E-state index contributed by atoms with van der Waals surface area (Å²) in [6.45, 7) is 3.17. The Morgan fingerprint density at radius 3 is 2.52 bits per heavy atom. The first-order valence-corrected chi connectivity index (χ1v) is 8.85. The highest BCUT2D eigenvalue weighted by atomic mass is 19.1. The van der Waals surface area contributed by atoms with Crippen LogP contribution in [0.25, 0.3) is 0 Å². The Balaban J connectivity index is 1.61. The van der Waals surface area contributed by atoms with Gasteiger partial charge in [0.25, 0.3) is 0 Å². The van der Waals surface area contributed by atoms with Crippen LogP contribution >= 0.6 is 0 Å². The van der Waals surface area contributed by atoms with Crippen LogP contribution in [-0.2, 0) is 4.79 Å². The number of amides is 1. The van der Waals surface area contributed by atoms with Crippen LogP contribution in [0, 0.1) is 17.1 Å². The summed E-state index contributed by atoms with van der Waals surface area (Å²) in [5.41, 5.74) is 0.217. The molecule has 1 aromatic heterocycles. The third-order valence-corrected chi connectivity index (χ3v) is 4.46. The van der Waals surface area contributed by atoms with Crippen molar-refractivity contribution in [1.29, 1.82) is 5.26 Å². The molecule has 3 rings (SSSR count). The molecule has 1 fully saturated rings. The zero-order valence-corrected chi connectivity index (χ0v) is 15.0. The van der Waals surface area contributed by atoms with Crippen LogP contribution in [0.2, 0.25) is 0 Å². The van der Waals surface area contributed by atoms with Gasteiger partial charge in [-0.3, -0.25) is 9.69 Å². The van der Waals surface area contributed by atoms with Crippen molar-refractivity contribution in [3.63, 3.8) is 0 Å². The molecule has 0 radical (unpaired) electrons. The van der Waals surface area contributed by atoms with Gasteiger partial charge in [-0.05, 0) is 18.2 Å². The molecule has 0 spiro atoms. The molecule has 0 atom stereocenters. The number of nitrogens with zero attached hydrogens (tertiary/aromatic N) is 6. The lowest BCUT2D eigenvalue weighted by atomic mass is 10.2. The highest BCUT2D eigenvalue weighted by Crippen LogP contribution is 2.20. The molecule has 0 bridgehead atoms. The van der Waals surface area contributed by atoms with Crippen molar-refractivity contribution in [2.75, 3.05) is 49.1 Å². The Kier molecular flexibility index (Phi) is 6.28. The van der Waals surface area contributed by atoms with Gasteiger partial charge in [-0.15, -0.1) is 0 Å². The van der Waals surface area contributed by atoms with E-state index in [4.69, 9.17) is 5.26 Å². The zero-order valence-electron chi connectivity index (χ0n) is 15.0. The molecule has 7 nitrogen and oxygen atoms in total. The minimum atomic E-state index is -0.463. The quantitative estimate of drug-likeness (QED) is 0.772. The minimum absolute atomic E-state index is 0.152. The van der Waals surface area contributed by atoms with Crippen molar-refractivity contribution >= 4 is 17.5 Å². The Bertz CT molecular complexity index is 801. The molecule has 1 saturated heterocycles. The molecule has 1 amide bonds. The fourth-order valence-electron chi connectivity index (χ4n) is 3.05. The number of benzene rings is 1. The Hall–Kier alpha value is -3.05. The minimum Gasteiger partial charge on any atom is -0.338 e. The summed E-state index contributed by atoms with van der Waals surface area (Å²) in [6.07, 6.45) is 3.57. The van der Waals surface area contributed by atoms with Gasteiger partial charge in [0.05, 0.1) is 24.7 Å². The monoisotopic (exact) mass is 368 g/mol. The summed E-state index contributed by atoms with van der Waals surface area (Å²) >= 11 is 0. The van der Waals surface area contributed by atoms with E-state index >= 15 is 0 Å². The van der Waals surface area contributed by atoms with E-state index in [2.05, 4.69) is 14.9 Å². The molecule has 0 N–H and O–H groups in total. The fourth-order valence-corrected chi connectivity index (χ4v) is 3.05. The average Bonchev–Trinajstić information content (AvgIpc) is 2.71. The second-order valence-electron chi connectivity index (χ2n) is 6.22. The molecule has 1 aliphatic heterocycles. The fraction of sp³-hybridized carbons (Fsp3) is 0.368. The van der Waals surface area contributed by atoms with Gasteiger partial charge in [-0.25, -0.2) is 14.4 Å². The van der Waals surface area contributed by atoms with Gasteiger partial charge in [0.15, 0.2) is 0 Å². The number of halogens is 1. The molecule has 140 valence electrons. The number of anilines is 2. The lowest BCUT2D eigenvalue weighted by Crippen LogP contribution is -2.50. The number of carbonyl (C=O) groups is 1. The van der Waals surface area contributed by atoms with Gasteiger partial charge in [0.2, 0.25) is 11.9 Å². The Labute approximate surface area is 157 Å². The van der Waals surface area contributed by atoms with Crippen LogP contribution < -0.4 is 9.80 Å². The number of piperazine rings is 1. The number of para-hydroxylation sites is 1. The van der Waals surface area contributed by atoms with Gasteiger partial charge in [0.1, 0.15) is 5.82 Å². The van der Waals surface area contributed by atoms with E-state index in [0.717, 1.165) is 13.1 Å². The number of rotatable bonds is 6. The summed E-state index contributed by atoms with van der Waals surface area (Å²) in [7, 11) is 0. The lowest BCUT2D eigenvalue weighted by molar-refractivity contribution is -0.119. The third-order valence-electron chi connectivity index (χ3n) is 4.46. The van der Waals surface area contributed by atoms with Crippen molar-refractivity contribution in [3.05, 3.63) is 48.5 Å². The highest BCUT2D eigenvalue weighted by Gasteiger charge is 2.24. The van der Waals surface area contributed by atoms with E-state index in [1.807, 2.05) is 11.0 Å². The molecule has 1 aromatic carbocycles. The van der Waals surface area contributed by atoms with Crippen molar-refractivity contribution in [1.82, 2.24) is 14.9 Å². The van der Waals surface area contributed by atoms with E-state index in [9.17, 15) is 9.18 Å².